The van der Waals surface area contributed by atoms with Crippen molar-refractivity contribution in [3.8, 4) is 0 Å². The molecule has 1 heterocycles. The molecule has 5 heteroatoms. The Bertz CT molecular complexity index is 1190. The fraction of sp³-hybridized carbons (Fsp3) is 0.310. The number of amides is 2. The molecular weight excluding hydrogens is 422 g/mol. The predicted molar refractivity (Wildman–Crippen MR) is 139 cm³/mol. The van der Waals surface area contributed by atoms with E-state index >= 15 is 0 Å². The maximum atomic E-state index is 13.6. The minimum atomic E-state index is -0.153. The van der Waals surface area contributed by atoms with Gasteiger partial charge in [-0.2, -0.15) is 0 Å². The number of hydrogen-bond acceptors (Lipinski definition) is 3. The smallest absolute Gasteiger partial charge is 0.258 e. The first kappa shape index (κ1) is 23.7. The van der Waals surface area contributed by atoms with Crippen LogP contribution in [0.1, 0.15) is 63.2 Å². The molecule has 0 aromatic heterocycles. The van der Waals surface area contributed by atoms with Crippen LogP contribution >= 0.6 is 0 Å². The zero-order valence-electron chi connectivity index (χ0n) is 20.5. The molecule has 2 amide bonds. The molecule has 1 atom stereocenters. The van der Waals surface area contributed by atoms with Crippen molar-refractivity contribution in [2.45, 2.75) is 39.7 Å². The Balaban J connectivity index is 1.56. The minimum Gasteiger partial charge on any atom is -0.322 e. The summed E-state index contributed by atoms with van der Waals surface area (Å²) in [6.07, 6.45) is 1.97. The Morgan fingerprint density at radius 1 is 1.03 bits per heavy atom. The van der Waals surface area contributed by atoms with Crippen LogP contribution in [-0.2, 0) is 0 Å². The third kappa shape index (κ3) is 4.90. The van der Waals surface area contributed by atoms with Crippen LogP contribution in [-0.4, -0.2) is 36.9 Å². The molecule has 0 radical (unpaired) electrons. The van der Waals surface area contributed by atoms with Crippen molar-refractivity contribution in [3.05, 3.63) is 94.5 Å². The first-order valence-electron chi connectivity index (χ1n) is 12.0. The molecule has 0 aliphatic carbocycles. The third-order valence-electron chi connectivity index (χ3n) is 6.75. The standard InChI is InChI=1S/C29H33N3O2/c1-5-31(4)26-11-8-18-32(27-17-12-20(2)19-25(26)27)29(34)22-13-15-23(16-14-22)30-28(33)24-10-7-6-9-21(24)3/h6-7,9-10,12-17,19,26H,5,8,11,18H2,1-4H3,(H,30,33). The average Bonchev–Trinajstić information content (AvgIpc) is 3.03. The molecule has 3 aromatic carbocycles. The third-order valence-corrected chi connectivity index (χ3v) is 6.75. The number of nitrogens with zero attached hydrogens (tertiary/aromatic N) is 2. The van der Waals surface area contributed by atoms with Crippen molar-refractivity contribution < 1.29 is 9.59 Å². The van der Waals surface area contributed by atoms with E-state index in [4.69, 9.17) is 0 Å². The van der Waals surface area contributed by atoms with Gasteiger partial charge in [0.05, 0.1) is 0 Å². The molecule has 5 nitrogen and oxygen atoms in total. The molecule has 1 aliphatic rings. The largest absolute Gasteiger partial charge is 0.322 e. The van der Waals surface area contributed by atoms with Crippen molar-refractivity contribution in [3.63, 3.8) is 0 Å². The van der Waals surface area contributed by atoms with E-state index in [9.17, 15) is 9.59 Å². The number of rotatable bonds is 5. The van der Waals surface area contributed by atoms with Gasteiger partial charge in [-0.15, -0.1) is 0 Å². The van der Waals surface area contributed by atoms with Gasteiger partial charge in [0.25, 0.3) is 11.8 Å². The normalized spacial score (nSPS) is 15.6. The molecule has 1 unspecified atom stereocenters. The average molecular weight is 456 g/mol. The highest BCUT2D eigenvalue weighted by Crippen LogP contribution is 2.37. The topological polar surface area (TPSA) is 52.6 Å². The second-order valence-corrected chi connectivity index (χ2v) is 9.10. The van der Waals surface area contributed by atoms with Gasteiger partial charge in [0.15, 0.2) is 0 Å². The number of fused-ring (bicyclic) bond motifs is 1. The predicted octanol–water partition coefficient (Wildman–Crippen LogP) is 5.99. The highest BCUT2D eigenvalue weighted by Gasteiger charge is 2.29. The van der Waals surface area contributed by atoms with Crippen LogP contribution in [0.3, 0.4) is 0 Å². The van der Waals surface area contributed by atoms with Crippen molar-refractivity contribution in [2.24, 2.45) is 0 Å². The van der Waals surface area contributed by atoms with Gasteiger partial charge in [0, 0.05) is 35.1 Å². The van der Waals surface area contributed by atoms with Crippen molar-refractivity contribution in [2.75, 3.05) is 30.4 Å². The van der Waals surface area contributed by atoms with Gasteiger partial charge in [0.2, 0.25) is 0 Å². The SMILES string of the molecule is CCN(C)C1CCCN(C(=O)c2ccc(NC(=O)c3ccccc3C)cc2)c2ccc(C)cc21. The van der Waals surface area contributed by atoms with Crippen LogP contribution in [0.4, 0.5) is 11.4 Å². The van der Waals surface area contributed by atoms with E-state index in [1.807, 2.05) is 36.1 Å². The molecule has 0 spiro atoms. The van der Waals surface area contributed by atoms with Gasteiger partial charge in [-0.25, -0.2) is 0 Å². The summed E-state index contributed by atoms with van der Waals surface area (Å²) in [7, 11) is 2.15. The lowest BCUT2D eigenvalue weighted by atomic mass is 9.98. The van der Waals surface area contributed by atoms with Gasteiger partial charge >= 0.3 is 0 Å². The summed E-state index contributed by atoms with van der Waals surface area (Å²) in [5, 5.41) is 2.93. The molecule has 0 saturated carbocycles. The first-order chi connectivity index (χ1) is 16.4. The second kappa shape index (κ2) is 10.2. The maximum Gasteiger partial charge on any atom is 0.258 e. The number of carbonyl (C=O) groups excluding carboxylic acids is 2. The van der Waals surface area contributed by atoms with Crippen LogP contribution in [0.5, 0.6) is 0 Å². The van der Waals surface area contributed by atoms with Gasteiger partial charge in [-0.05, 0) is 87.8 Å². The lowest BCUT2D eigenvalue weighted by Gasteiger charge is -2.29. The number of benzene rings is 3. The number of aryl methyl sites for hydroxylation is 2. The second-order valence-electron chi connectivity index (χ2n) is 9.10. The molecule has 1 N–H and O–H groups in total. The number of hydrogen-bond donors (Lipinski definition) is 1. The van der Waals surface area contributed by atoms with E-state index in [1.54, 1.807) is 24.3 Å². The van der Waals surface area contributed by atoms with Crippen LogP contribution in [0.15, 0.2) is 66.7 Å². The van der Waals surface area contributed by atoms with Crippen molar-refractivity contribution >= 4 is 23.2 Å². The van der Waals surface area contributed by atoms with E-state index in [-0.39, 0.29) is 11.8 Å². The van der Waals surface area contributed by atoms with E-state index < -0.39 is 0 Å². The van der Waals surface area contributed by atoms with Gasteiger partial charge in [-0.1, -0.05) is 42.8 Å². The van der Waals surface area contributed by atoms with Crippen molar-refractivity contribution in [1.82, 2.24) is 4.90 Å². The van der Waals surface area contributed by atoms with Gasteiger partial charge in [0.1, 0.15) is 0 Å². The van der Waals surface area contributed by atoms with E-state index in [2.05, 4.69) is 49.3 Å². The highest BCUT2D eigenvalue weighted by molar-refractivity contribution is 6.08. The number of anilines is 2. The fourth-order valence-electron chi connectivity index (χ4n) is 4.67. The summed E-state index contributed by atoms with van der Waals surface area (Å²) in [5.74, 6) is -0.165. The number of carbonyl (C=O) groups is 2. The Kier molecular flexibility index (Phi) is 7.13. The lowest BCUT2D eigenvalue weighted by Crippen LogP contribution is -2.32. The Labute approximate surface area is 202 Å². The quantitative estimate of drug-likeness (QED) is 0.514. The van der Waals surface area contributed by atoms with Gasteiger partial charge < -0.3 is 10.2 Å². The zero-order chi connectivity index (χ0) is 24.2. The molecule has 3 aromatic rings. The zero-order valence-corrected chi connectivity index (χ0v) is 20.5. The Morgan fingerprint density at radius 3 is 2.47 bits per heavy atom. The number of nitrogens with one attached hydrogen (secondary N) is 1. The summed E-state index contributed by atoms with van der Waals surface area (Å²) in [5.41, 5.74) is 6.27. The van der Waals surface area contributed by atoms with Crippen LogP contribution in [0.2, 0.25) is 0 Å². The van der Waals surface area contributed by atoms with Crippen LogP contribution in [0.25, 0.3) is 0 Å². The fourth-order valence-corrected chi connectivity index (χ4v) is 4.67. The molecule has 176 valence electrons. The summed E-state index contributed by atoms with van der Waals surface area (Å²) in [4.78, 5) is 30.5. The molecule has 34 heavy (non-hydrogen) atoms. The highest BCUT2D eigenvalue weighted by atomic mass is 16.2. The van der Waals surface area contributed by atoms with Crippen LogP contribution in [0, 0.1) is 13.8 Å². The molecule has 0 bridgehead atoms. The molecule has 0 fully saturated rings. The van der Waals surface area contributed by atoms with Crippen LogP contribution < -0.4 is 10.2 Å². The minimum absolute atomic E-state index is 0.0123. The van der Waals surface area contributed by atoms with E-state index in [0.717, 1.165) is 30.6 Å². The molecule has 4 rings (SSSR count). The molecule has 1 aliphatic heterocycles. The van der Waals surface area contributed by atoms with Gasteiger partial charge in [-0.3, -0.25) is 14.5 Å². The molecular formula is C29H33N3O2. The Morgan fingerprint density at radius 2 is 1.76 bits per heavy atom. The van der Waals surface area contributed by atoms with E-state index in [1.165, 1.54) is 11.1 Å². The maximum absolute atomic E-state index is 13.6. The molecule has 0 saturated heterocycles. The first-order valence-corrected chi connectivity index (χ1v) is 12.0. The lowest BCUT2D eigenvalue weighted by molar-refractivity contribution is 0.0985. The summed E-state index contributed by atoms with van der Waals surface area (Å²) < 4.78 is 0. The monoisotopic (exact) mass is 455 g/mol. The summed E-state index contributed by atoms with van der Waals surface area (Å²) in [6.45, 7) is 7.84. The summed E-state index contributed by atoms with van der Waals surface area (Å²) in [6, 6.07) is 21.4. The summed E-state index contributed by atoms with van der Waals surface area (Å²) >= 11 is 0. The Hall–Kier alpha value is -3.44. The van der Waals surface area contributed by atoms with Crippen molar-refractivity contribution in [1.29, 1.82) is 0 Å². The van der Waals surface area contributed by atoms with E-state index in [0.29, 0.717) is 29.4 Å².